The molecule has 2 N–H and O–H groups in total. The highest BCUT2D eigenvalue weighted by molar-refractivity contribution is 7.89. The molecule has 1 saturated heterocycles. The molecule has 1 aliphatic rings. The highest BCUT2D eigenvalue weighted by Gasteiger charge is 2.36. The van der Waals surface area contributed by atoms with E-state index >= 15 is 0 Å². The normalized spacial score (nSPS) is 21.1. The van der Waals surface area contributed by atoms with E-state index in [-0.39, 0.29) is 16.8 Å². The molecule has 19 heavy (non-hydrogen) atoms. The van der Waals surface area contributed by atoms with Gasteiger partial charge in [-0.2, -0.15) is 4.31 Å². The van der Waals surface area contributed by atoms with Crippen LogP contribution in [0.2, 0.25) is 0 Å². The second-order valence-corrected chi connectivity index (χ2v) is 6.92. The minimum atomic E-state index is -3.54. The predicted molar refractivity (Wildman–Crippen MR) is 74.1 cm³/mol. The van der Waals surface area contributed by atoms with Gasteiger partial charge in [-0.15, -0.1) is 0 Å². The summed E-state index contributed by atoms with van der Waals surface area (Å²) in [6.07, 6.45) is 3.27. The molecule has 0 bridgehead atoms. The Hall–Kier alpha value is -1.18. The van der Waals surface area contributed by atoms with E-state index in [1.165, 1.54) is 12.3 Å². The quantitative estimate of drug-likeness (QED) is 0.864. The van der Waals surface area contributed by atoms with Gasteiger partial charge in [0.15, 0.2) is 0 Å². The molecule has 0 spiro atoms. The molecule has 0 saturated carbocycles. The number of likely N-dealkylation sites (N-methyl/N-ethyl adjacent to an activating group) is 1. The van der Waals surface area contributed by atoms with Crippen LogP contribution in [-0.4, -0.2) is 55.8 Å². The summed E-state index contributed by atoms with van der Waals surface area (Å²) < 4.78 is 26.8. The molecule has 2 rings (SSSR count). The molecular formula is C12H20N4O2S. The van der Waals surface area contributed by atoms with Gasteiger partial charge in [-0.05, 0) is 39.1 Å². The first kappa shape index (κ1) is 14.2. The molecule has 1 aliphatic heterocycles. The van der Waals surface area contributed by atoms with Crippen LogP contribution in [0.25, 0.3) is 0 Å². The fraction of sp³-hybridized carbons (Fsp3) is 0.583. The van der Waals surface area contributed by atoms with Crippen LogP contribution in [-0.2, 0) is 10.0 Å². The number of nitrogen functional groups attached to an aromatic ring is 1. The zero-order chi connectivity index (χ0) is 14.0. The van der Waals surface area contributed by atoms with Crippen molar-refractivity contribution in [2.24, 2.45) is 0 Å². The topological polar surface area (TPSA) is 79.5 Å². The Labute approximate surface area is 114 Å². The summed E-state index contributed by atoms with van der Waals surface area (Å²) in [6.45, 7) is 1.27. The summed E-state index contributed by atoms with van der Waals surface area (Å²) in [5.41, 5.74) is 5.69. The Balaban J connectivity index is 2.32. The average molecular weight is 284 g/mol. The van der Waals surface area contributed by atoms with Crippen LogP contribution in [0, 0.1) is 0 Å². The summed E-state index contributed by atoms with van der Waals surface area (Å²) in [5, 5.41) is 0. The van der Waals surface area contributed by atoms with Crippen molar-refractivity contribution in [3.05, 3.63) is 18.3 Å². The lowest BCUT2D eigenvalue weighted by Gasteiger charge is -2.26. The number of hydrogen-bond donors (Lipinski definition) is 1. The van der Waals surface area contributed by atoms with Crippen molar-refractivity contribution in [3.63, 3.8) is 0 Å². The van der Waals surface area contributed by atoms with Crippen molar-refractivity contribution in [2.45, 2.75) is 23.8 Å². The van der Waals surface area contributed by atoms with Crippen molar-refractivity contribution < 1.29 is 8.42 Å². The van der Waals surface area contributed by atoms with Crippen molar-refractivity contribution >= 4 is 15.8 Å². The van der Waals surface area contributed by atoms with Crippen LogP contribution < -0.4 is 5.73 Å². The Bertz CT molecular complexity index is 544. The fourth-order valence-corrected chi connectivity index (χ4v) is 4.23. The zero-order valence-electron chi connectivity index (χ0n) is 11.3. The number of pyridine rings is 1. The third-order valence-corrected chi connectivity index (χ3v) is 5.28. The van der Waals surface area contributed by atoms with Gasteiger partial charge in [-0.1, -0.05) is 0 Å². The van der Waals surface area contributed by atoms with E-state index in [4.69, 9.17) is 5.73 Å². The first-order valence-electron chi connectivity index (χ1n) is 6.30. The van der Waals surface area contributed by atoms with Crippen LogP contribution in [0.3, 0.4) is 0 Å². The molecule has 7 heteroatoms. The molecule has 1 aromatic heterocycles. The first-order chi connectivity index (χ1) is 8.93. The van der Waals surface area contributed by atoms with E-state index < -0.39 is 10.0 Å². The summed E-state index contributed by atoms with van der Waals surface area (Å²) in [6, 6.07) is 3.13. The SMILES string of the molecule is CN(C)CC1CCCN1S(=O)(=O)c1cccnc1N. The summed E-state index contributed by atoms with van der Waals surface area (Å²) >= 11 is 0. The number of aromatic nitrogens is 1. The van der Waals surface area contributed by atoms with Gasteiger partial charge in [0.1, 0.15) is 10.7 Å². The van der Waals surface area contributed by atoms with E-state index in [2.05, 4.69) is 4.98 Å². The minimum absolute atomic E-state index is 0.0135. The highest BCUT2D eigenvalue weighted by Crippen LogP contribution is 2.28. The van der Waals surface area contributed by atoms with E-state index in [1.54, 1.807) is 10.4 Å². The van der Waals surface area contributed by atoms with E-state index in [1.807, 2.05) is 19.0 Å². The standard InChI is InChI=1S/C12H20N4O2S/c1-15(2)9-10-5-4-8-16(10)19(17,18)11-6-3-7-14-12(11)13/h3,6-7,10H,4-5,8-9H2,1-2H3,(H2,13,14). The number of hydrogen-bond acceptors (Lipinski definition) is 5. The molecule has 0 aliphatic carbocycles. The summed E-state index contributed by atoms with van der Waals surface area (Å²) in [5.74, 6) is 0.0676. The monoisotopic (exact) mass is 284 g/mol. The lowest BCUT2D eigenvalue weighted by atomic mass is 10.2. The summed E-state index contributed by atoms with van der Waals surface area (Å²) in [7, 11) is 0.347. The smallest absolute Gasteiger partial charge is 0.247 e. The Kier molecular flexibility index (Phi) is 4.07. The first-order valence-corrected chi connectivity index (χ1v) is 7.74. The van der Waals surface area contributed by atoms with Crippen molar-refractivity contribution in [1.82, 2.24) is 14.2 Å². The van der Waals surface area contributed by atoms with Crippen LogP contribution in [0.5, 0.6) is 0 Å². The molecule has 0 amide bonds. The van der Waals surface area contributed by atoms with Gasteiger partial charge >= 0.3 is 0 Å². The van der Waals surface area contributed by atoms with Gasteiger partial charge in [-0.3, -0.25) is 0 Å². The lowest BCUT2D eigenvalue weighted by Crippen LogP contribution is -2.41. The van der Waals surface area contributed by atoms with Crippen molar-refractivity contribution in [3.8, 4) is 0 Å². The molecule has 2 heterocycles. The van der Waals surface area contributed by atoms with E-state index in [0.29, 0.717) is 6.54 Å². The number of nitrogens with two attached hydrogens (primary N) is 1. The molecule has 1 atom stereocenters. The maximum atomic E-state index is 12.6. The Morgan fingerprint density at radius 3 is 2.89 bits per heavy atom. The lowest BCUT2D eigenvalue weighted by molar-refractivity contribution is 0.291. The van der Waals surface area contributed by atoms with Crippen molar-refractivity contribution in [2.75, 3.05) is 32.9 Å². The molecule has 0 radical (unpaired) electrons. The molecule has 1 aromatic rings. The highest BCUT2D eigenvalue weighted by atomic mass is 32.2. The number of anilines is 1. The van der Waals surface area contributed by atoms with Gasteiger partial charge in [0.25, 0.3) is 0 Å². The van der Waals surface area contributed by atoms with Gasteiger partial charge < -0.3 is 10.6 Å². The van der Waals surface area contributed by atoms with Gasteiger partial charge in [-0.25, -0.2) is 13.4 Å². The predicted octanol–water partition coefficient (Wildman–Crippen LogP) is 0.378. The Morgan fingerprint density at radius 2 is 2.26 bits per heavy atom. The van der Waals surface area contributed by atoms with Crippen LogP contribution in [0.4, 0.5) is 5.82 Å². The molecule has 106 valence electrons. The summed E-state index contributed by atoms with van der Waals surface area (Å²) in [4.78, 5) is 5.98. The van der Waals surface area contributed by atoms with Crippen LogP contribution in [0.15, 0.2) is 23.2 Å². The zero-order valence-corrected chi connectivity index (χ0v) is 12.1. The van der Waals surface area contributed by atoms with Gasteiger partial charge in [0.05, 0.1) is 0 Å². The number of nitrogens with zero attached hydrogens (tertiary/aromatic N) is 3. The third-order valence-electron chi connectivity index (χ3n) is 3.29. The average Bonchev–Trinajstić information content (AvgIpc) is 2.77. The number of sulfonamides is 1. The van der Waals surface area contributed by atoms with E-state index in [9.17, 15) is 8.42 Å². The maximum absolute atomic E-state index is 12.6. The maximum Gasteiger partial charge on any atom is 0.247 e. The van der Waals surface area contributed by atoms with Crippen LogP contribution in [0.1, 0.15) is 12.8 Å². The Morgan fingerprint density at radius 1 is 1.53 bits per heavy atom. The van der Waals surface area contributed by atoms with Gasteiger partial charge in [0, 0.05) is 25.3 Å². The van der Waals surface area contributed by atoms with Crippen LogP contribution >= 0.6 is 0 Å². The molecule has 1 unspecified atom stereocenters. The molecule has 0 aromatic carbocycles. The van der Waals surface area contributed by atoms with E-state index in [0.717, 1.165) is 19.4 Å². The molecule has 6 nitrogen and oxygen atoms in total. The van der Waals surface area contributed by atoms with Crippen molar-refractivity contribution in [1.29, 1.82) is 0 Å². The second-order valence-electron chi connectivity index (χ2n) is 5.06. The minimum Gasteiger partial charge on any atom is -0.383 e. The second kappa shape index (κ2) is 5.44. The van der Waals surface area contributed by atoms with Gasteiger partial charge in [0.2, 0.25) is 10.0 Å². The number of rotatable bonds is 4. The third kappa shape index (κ3) is 2.88. The fourth-order valence-electron chi connectivity index (χ4n) is 2.48. The molecular weight excluding hydrogens is 264 g/mol. The largest absolute Gasteiger partial charge is 0.383 e. The molecule has 1 fully saturated rings.